The van der Waals surface area contributed by atoms with Crippen molar-refractivity contribution >= 4 is 0 Å². The van der Waals surface area contributed by atoms with Crippen molar-refractivity contribution in [3.05, 3.63) is 35.4 Å². The Hall–Kier alpha value is -0.820. The average Bonchev–Trinajstić information content (AvgIpc) is 2.99. The van der Waals surface area contributed by atoms with Gasteiger partial charge in [-0.2, -0.15) is 0 Å². The van der Waals surface area contributed by atoms with Gasteiger partial charge in [-0.25, -0.2) is 0 Å². The topological polar surface area (TPSA) is 20.2 Å². The van der Waals surface area contributed by atoms with Gasteiger partial charge in [0.15, 0.2) is 0 Å². The van der Waals surface area contributed by atoms with Crippen LogP contribution in [0.3, 0.4) is 0 Å². The Labute approximate surface area is 117 Å². The molecule has 19 heavy (non-hydrogen) atoms. The van der Waals surface area contributed by atoms with Gasteiger partial charge in [0.05, 0.1) is 6.10 Å². The summed E-state index contributed by atoms with van der Waals surface area (Å²) < 4.78 is 0. The molecule has 0 amide bonds. The van der Waals surface area contributed by atoms with Gasteiger partial charge in [-0.15, -0.1) is 0 Å². The second kappa shape index (κ2) is 6.09. The molecule has 1 fully saturated rings. The van der Waals surface area contributed by atoms with Crippen molar-refractivity contribution in [2.24, 2.45) is 5.92 Å². The van der Waals surface area contributed by atoms with Gasteiger partial charge < -0.3 is 5.11 Å². The number of benzene rings is 1. The van der Waals surface area contributed by atoms with Crippen LogP contribution in [0.1, 0.15) is 68.4 Å². The molecule has 0 aliphatic heterocycles. The van der Waals surface area contributed by atoms with Gasteiger partial charge in [-0.05, 0) is 67.9 Å². The lowest BCUT2D eigenvalue weighted by Crippen LogP contribution is -2.19. The fourth-order valence-corrected chi connectivity index (χ4v) is 4.10. The van der Waals surface area contributed by atoms with Gasteiger partial charge >= 0.3 is 0 Å². The molecule has 104 valence electrons. The van der Waals surface area contributed by atoms with Crippen LogP contribution < -0.4 is 0 Å². The van der Waals surface area contributed by atoms with E-state index in [4.69, 9.17) is 0 Å². The quantitative estimate of drug-likeness (QED) is 0.846. The zero-order valence-electron chi connectivity index (χ0n) is 11.9. The minimum atomic E-state index is -0.0448. The third-order valence-corrected chi connectivity index (χ3v) is 5.25. The van der Waals surface area contributed by atoms with Crippen molar-refractivity contribution in [3.8, 4) is 0 Å². The lowest BCUT2D eigenvalue weighted by atomic mass is 9.79. The monoisotopic (exact) mass is 258 g/mol. The predicted molar refractivity (Wildman–Crippen MR) is 79.3 cm³/mol. The van der Waals surface area contributed by atoms with Crippen LogP contribution in [-0.4, -0.2) is 11.2 Å². The molecule has 0 aromatic heterocycles. The van der Waals surface area contributed by atoms with Crippen molar-refractivity contribution in [3.63, 3.8) is 0 Å². The molecule has 1 aromatic carbocycles. The Balaban J connectivity index is 1.58. The van der Waals surface area contributed by atoms with Crippen molar-refractivity contribution in [2.45, 2.75) is 69.8 Å². The lowest BCUT2D eigenvalue weighted by molar-refractivity contribution is 0.0969. The summed E-state index contributed by atoms with van der Waals surface area (Å²) in [5.74, 6) is 1.29. The Morgan fingerprint density at radius 1 is 1.05 bits per heavy atom. The molecule has 2 unspecified atom stereocenters. The van der Waals surface area contributed by atoms with Gasteiger partial charge in [0.2, 0.25) is 0 Å². The second-order valence-electron chi connectivity index (χ2n) is 6.48. The molecular formula is C18H26O. The summed E-state index contributed by atoms with van der Waals surface area (Å²) in [6, 6.07) is 8.93. The van der Waals surface area contributed by atoms with E-state index in [0.29, 0.717) is 11.8 Å². The summed E-state index contributed by atoms with van der Waals surface area (Å²) in [5, 5.41) is 10.3. The van der Waals surface area contributed by atoms with Crippen LogP contribution in [0.15, 0.2) is 24.3 Å². The Morgan fingerprint density at radius 2 is 1.84 bits per heavy atom. The first-order valence-corrected chi connectivity index (χ1v) is 8.10. The first-order valence-electron chi connectivity index (χ1n) is 8.10. The number of hydrogen-bond donors (Lipinski definition) is 1. The second-order valence-corrected chi connectivity index (χ2v) is 6.48. The van der Waals surface area contributed by atoms with Crippen molar-refractivity contribution in [2.75, 3.05) is 0 Å². The highest BCUT2D eigenvalue weighted by molar-refractivity contribution is 5.32. The fourth-order valence-electron chi connectivity index (χ4n) is 4.10. The lowest BCUT2D eigenvalue weighted by Gasteiger charge is -2.27. The molecule has 1 heteroatoms. The van der Waals surface area contributed by atoms with E-state index in [1.807, 2.05) is 0 Å². The van der Waals surface area contributed by atoms with E-state index in [1.165, 1.54) is 51.4 Å². The van der Waals surface area contributed by atoms with Crippen LogP contribution in [0.25, 0.3) is 0 Å². The summed E-state index contributed by atoms with van der Waals surface area (Å²) in [6.45, 7) is 0. The number of aliphatic hydroxyl groups is 1. The zero-order valence-corrected chi connectivity index (χ0v) is 11.9. The molecule has 1 aromatic rings. The van der Waals surface area contributed by atoms with Gasteiger partial charge in [-0.1, -0.05) is 37.1 Å². The van der Waals surface area contributed by atoms with Crippen LogP contribution in [-0.2, 0) is 6.42 Å². The van der Waals surface area contributed by atoms with Crippen molar-refractivity contribution < 1.29 is 5.11 Å². The maximum atomic E-state index is 10.3. The standard InChI is InChI=1S/C18H26O/c19-18(16-7-1-2-8-16)13-12-15-10-5-9-14-6-3-4-11-17(14)15/h3-4,6,11,15-16,18-19H,1-2,5,7-10,12-13H2. The maximum Gasteiger partial charge on any atom is 0.0568 e. The van der Waals surface area contributed by atoms with E-state index in [9.17, 15) is 5.11 Å². The average molecular weight is 258 g/mol. The normalized spacial score (nSPS) is 25.2. The van der Waals surface area contributed by atoms with Gasteiger partial charge in [0.1, 0.15) is 0 Å². The third kappa shape index (κ3) is 3.02. The highest BCUT2D eigenvalue weighted by Gasteiger charge is 2.25. The first-order chi connectivity index (χ1) is 9.34. The Bertz CT molecular complexity index is 406. The number of aryl methyl sites for hydroxylation is 1. The summed E-state index contributed by atoms with van der Waals surface area (Å²) in [4.78, 5) is 0. The SMILES string of the molecule is OC(CCC1CCCc2ccccc21)C1CCCC1. The smallest absolute Gasteiger partial charge is 0.0568 e. The van der Waals surface area contributed by atoms with E-state index in [2.05, 4.69) is 24.3 Å². The Morgan fingerprint density at radius 3 is 2.68 bits per heavy atom. The van der Waals surface area contributed by atoms with E-state index in [0.717, 1.165) is 6.42 Å². The van der Waals surface area contributed by atoms with Crippen LogP contribution in [0.4, 0.5) is 0 Å². The fraction of sp³-hybridized carbons (Fsp3) is 0.667. The van der Waals surface area contributed by atoms with Gasteiger partial charge in [-0.3, -0.25) is 0 Å². The highest BCUT2D eigenvalue weighted by Crippen LogP contribution is 2.36. The molecule has 1 saturated carbocycles. The predicted octanol–water partition coefficient (Wildman–Crippen LogP) is 4.44. The van der Waals surface area contributed by atoms with Crippen LogP contribution in [0.2, 0.25) is 0 Å². The molecule has 0 saturated heterocycles. The molecule has 0 spiro atoms. The Kier molecular flexibility index (Phi) is 4.22. The van der Waals surface area contributed by atoms with Crippen LogP contribution in [0, 0.1) is 5.92 Å². The zero-order chi connectivity index (χ0) is 13.1. The molecule has 2 aliphatic carbocycles. The maximum absolute atomic E-state index is 10.3. The molecule has 2 atom stereocenters. The van der Waals surface area contributed by atoms with E-state index < -0.39 is 0 Å². The molecule has 1 N–H and O–H groups in total. The molecule has 0 bridgehead atoms. The molecule has 0 heterocycles. The van der Waals surface area contributed by atoms with Crippen LogP contribution in [0.5, 0.6) is 0 Å². The summed E-state index contributed by atoms with van der Waals surface area (Å²) >= 11 is 0. The van der Waals surface area contributed by atoms with Crippen molar-refractivity contribution in [1.82, 2.24) is 0 Å². The largest absolute Gasteiger partial charge is 0.393 e. The summed E-state index contributed by atoms with van der Waals surface area (Å²) in [5.41, 5.74) is 3.11. The van der Waals surface area contributed by atoms with E-state index >= 15 is 0 Å². The minimum absolute atomic E-state index is 0.0448. The van der Waals surface area contributed by atoms with Gasteiger partial charge in [0.25, 0.3) is 0 Å². The molecule has 3 rings (SSSR count). The molecule has 1 nitrogen and oxygen atoms in total. The van der Waals surface area contributed by atoms with E-state index in [-0.39, 0.29) is 6.10 Å². The minimum Gasteiger partial charge on any atom is -0.393 e. The molecule has 0 radical (unpaired) electrons. The molecular weight excluding hydrogens is 232 g/mol. The first kappa shape index (κ1) is 13.2. The summed E-state index contributed by atoms with van der Waals surface area (Å²) in [7, 11) is 0. The summed E-state index contributed by atoms with van der Waals surface area (Å²) in [6.07, 6.45) is 11.2. The van der Waals surface area contributed by atoms with Crippen LogP contribution >= 0.6 is 0 Å². The number of rotatable bonds is 4. The number of fused-ring (bicyclic) bond motifs is 1. The number of aliphatic hydroxyl groups excluding tert-OH is 1. The van der Waals surface area contributed by atoms with E-state index in [1.54, 1.807) is 11.1 Å². The van der Waals surface area contributed by atoms with Crippen molar-refractivity contribution in [1.29, 1.82) is 0 Å². The number of hydrogen-bond acceptors (Lipinski definition) is 1. The third-order valence-electron chi connectivity index (χ3n) is 5.25. The van der Waals surface area contributed by atoms with Gasteiger partial charge in [0, 0.05) is 0 Å². The highest BCUT2D eigenvalue weighted by atomic mass is 16.3. The molecule has 2 aliphatic rings.